The number of rotatable bonds is 2. The van der Waals surface area contributed by atoms with Gasteiger partial charge >= 0.3 is 6.03 Å². The zero-order valence-corrected chi connectivity index (χ0v) is 20.4. The highest BCUT2D eigenvalue weighted by Gasteiger charge is 2.47. The largest absolute Gasteiger partial charge is 0.322 e. The van der Waals surface area contributed by atoms with Gasteiger partial charge in [-0.2, -0.15) is 5.10 Å². The zero-order chi connectivity index (χ0) is 22.9. The van der Waals surface area contributed by atoms with Crippen molar-refractivity contribution in [1.82, 2.24) is 34.9 Å². The number of hydrogen-bond acceptors (Lipinski definition) is 7. The molecule has 3 aromatic rings. The molecule has 2 N–H and O–H groups in total. The summed E-state index contributed by atoms with van der Waals surface area (Å²) in [5, 5.41) is 13.3. The van der Waals surface area contributed by atoms with Crippen molar-refractivity contribution in [3.05, 3.63) is 28.5 Å². The van der Waals surface area contributed by atoms with E-state index in [9.17, 15) is 4.79 Å². The molecule has 174 valence electrons. The maximum Gasteiger partial charge on any atom is 0.321 e. The average Bonchev–Trinajstić information content (AvgIpc) is 3.54. The van der Waals surface area contributed by atoms with Gasteiger partial charge in [0, 0.05) is 30.7 Å². The van der Waals surface area contributed by atoms with Gasteiger partial charge in [0.15, 0.2) is 11.6 Å². The predicted octanol–water partition coefficient (Wildman–Crippen LogP) is 3.81. The lowest BCUT2D eigenvalue weighted by Crippen LogP contribution is -2.60. The zero-order valence-electron chi connectivity index (χ0n) is 19.6. The molecule has 6 heterocycles. The molecule has 3 aliphatic heterocycles. The third-order valence-corrected chi connectivity index (χ3v) is 8.75. The lowest BCUT2D eigenvalue weighted by Gasteiger charge is -2.45. The third-order valence-electron chi connectivity index (χ3n) is 7.65. The molecule has 0 aliphatic carbocycles. The van der Waals surface area contributed by atoms with E-state index in [2.05, 4.69) is 68.4 Å². The molecule has 10 heteroatoms. The quantitative estimate of drug-likeness (QED) is 0.597. The fraction of sp³-hybridized carbons (Fsp3) is 0.565. The second-order valence-corrected chi connectivity index (χ2v) is 11.0. The molecular weight excluding hydrogens is 436 g/mol. The summed E-state index contributed by atoms with van der Waals surface area (Å²) >= 11 is 1.63. The van der Waals surface area contributed by atoms with Crippen molar-refractivity contribution in [2.45, 2.75) is 64.7 Å². The molecule has 33 heavy (non-hydrogen) atoms. The molecule has 2 amide bonds. The van der Waals surface area contributed by atoms with E-state index in [1.54, 1.807) is 17.7 Å². The number of hydrogen-bond donors (Lipinski definition) is 2. The van der Waals surface area contributed by atoms with Crippen LogP contribution >= 0.6 is 11.3 Å². The number of thiophene rings is 1. The van der Waals surface area contributed by atoms with Crippen LogP contribution in [0.3, 0.4) is 0 Å². The van der Waals surface area contributed by atoms with Crippen LogP contribution in [-0.2, 0) is 12.1 Å². The summed E-state index contributed by atoms with van der Waals surface area (Å²) in [6.07, 6.45) is 4.01. The van der Waals surface area contributed by atoms with Crippen molar-refractivity contribution in [3.8, 4) is 0 Å². The highest BCUT2D eigenvalue weighted by Crippen LogP contribution is 2.43. The van der Waals surface area contributed by atoms with Crippen LogP contribution in [0.4, 0.5) is 16.4 Å². The van der Waals surface area contributed by atoms with E-state index < -0.39 is 5.54 Å². The summed E-state index contributed by atoms with van der Waals surface area (Å²) in [6, 6.07) is 0.837. The normalized spacial score (nSPS) is 24.4. The molecule has 2 saturated heterocycles. The summed E-state index contributed by atoms with van der Waals surface area (Å²) in [6.45, 7) is 11.9. The Morgan fingerprint density at radius 3 is 2.97 bits per heavy atom. The number of piperazine rings is 1. The number of aryl methyl sites for hydroxylation is 1. The van der Waals surface area contributed by atoms with E-state index in [0.717, 1.165) is 58.3 Å². The number of nitrogens with zero attached hydrogens (tertiary/aromatic N) is 6. The second-order valence-electron chi connectivity index (χ2n) is 10.1. The van der Waals surface area contributed by atoms with Crippen LogP contribution in [0.25, 0.3) is 10.2 Å². The maximum atomic E-state index is 13.8. The first-order valence-corrected chi connectivity index (χ1v) is 12.6. The summed E-state index contributed by atoms with van der Waals surface area (Å²) < 4.78 is 1.01. The van der Waals surface area contributed by atoms with Crippen LogP contribution in [0.5, 0.6) is 0 Å². The number of carbonyl (C=O) groups excluding carboxylic acids is 1. The molecule has 0 bridgehead atoms. The van der Waals surface area contributed by atoms with E-state index in [1.807, 2.05) is 4.90 Å². The van der Waals surface area contributed by atoms with Gasteiger partial charge in [-0.25, -0.2) is 14.8 Å². The van der Waals surface area contributed by atoms with Gasteiger partial charge in [-0.15, -0.1) is 11.3 Å². The van der Waals surface area contributed by atoms with Crippen LogP contribution in [0.15, 0.2) is 11.7 Å². The SMILES string of the molecule is Cc1csc2c(Nc3n[nH]c4c3CN(C(=O)N3C[C@@H]5CCCN5C[C@@H]3C)C4(C)C)ncnc12. The first-order chi connectivity index (χ1) is 15.8. The summed E-state index contributed by atoms with van der Waals surface area (Å²) in [4.78, 5) is 29.3. The van der Waals surface area contributed by atoms with E-state index in [0.29, 0.717) is 12.6 Å². The predicted molar refractivity (Wildman–Crippen MR) is 129 cm³/mol. The van der Waals surface area contributed by atoms with Gasteiger partial charge in [0.25, 0.3) is 0 Å². The molecule has 3 aliphatic rings. The molecular formula is C23H30N8OS. The van der Waals surface area contributed by atoms with Gasteiger partial charge in [0.1, 0.15) is 6.33 Å². The molecule has 2 fully saturated rings. The first kappa shape index (κ1) is 20.9. The third kappa shape index (κ3) is 3.14. The molecule has 0 unspecified atom stereocenters. The minimum Gasteiger partial charge on any atom is -0.322 e. The Labute approximate surface area is 197 Å². The molecule has 0 saturated carbocycles. The number of aromatic nitrogens is 4. The van der Waals surface area contributed by atoms with Gasteiger partial charge in [0.05, 0.1) is 28.0 Å². The van der Waals surface area contributed by atoms with Crippen LogP contribution in [-0.4, -0.2) is 72.6 Å². The lowest BCUT2D eigenvalue weighted by molar-refractivity contribution is 0.0454. The molecule has 0 radical (unpaired) electrons. The number of nitrogens with one attached hydrogen (secondary N) is 2. The van der Waals surface area contributed by atoms with Crippen LogP contribution in [0.2, 0.25) is 0 Å². The van der Waals surface area contributed by atoms with Crippen LogP contribution in [0.1, 0.15) is 50.4 Å². The topological polar surface area (TPSA) is 93.3 Å². The first-order valence-electron chi connectivity index (χ1n) is 11.7. The van der Waals surface area contributed by atoms with Crippen molar-refractivity contribution in [1.29, 1.82) is 0 Å². The minimum absolute atomic E-state index is 0.118. The van der Waals surface area contributed by atoms with E-state index >= 15 is 0 Å². The molecule has 6 rings (SSSR count). The Bertz CT molecular complexity index is 1230. The van der Waals surface area contributed by atoms with E-state index in [-0.39, 0.29) is 12.1 Å². The lowest BCUT2D eigenvalue weighted by atomic mass is 10.0. The molecule has 0 aromatic carbocycles. The highest BCUT2D eigenvalue weighted by molar-refractivity contribution is 7.18. The Morgan fingerprint density at radius 2 is 2.12 bits per heavy atom. The number of carbonyl (C=O) groups is 1. The molecule has 0 spiro atoms. The Kier molecular flexibility index (Phi) is 4.67. The number of anilines is 2. The fourth-order valence-electron chi connectivity index (χ4n) is 5.71. The number of fused-ring (bicyclic) bond motifs is 3. The van der Waals surface area contributed by atoms with Crippen molar-refractivity contribution in [2.24, 2.45) is 0 Å². The number of amides is 2. The Morgan fingerprint density at radius 1 is 1.27 bits per heavy atom. The van der Waals surface area contributed by atoms with E-state index in [1.165, 1.54) is 12.8 Å². The minimum atomic E-state index is -0.466. The molecule has 2 atom stereocenters. The van der Waals surface area contributed by atoms with Crippen molar-refractivity contribution in [3.63, 3.8) is 0 Å². The second kappa shape index (κ2) is 7.39. The maximum absolute atomic E-state index is 13.8. The Balaban J connectivity index is 1.27. The Hall–Kier alpha value is -2.72. The van der Waals surface area contributed by atoms with Crippen molar-refractivity contribution < 1.29 is 4.79 Å². The molecule has 9 nitrogen and oxygen atoms in total. The number of H-pyrrole nitrogens is 1. The fourth-order valence-corrected chi connectivity index (χ4v) is 6.65. The van der Waals surface area contributed by atoms with Gasteiger partial charge in [-0.05, 0) is 58.0 Å². The molecule has 3 aromatic heterocycles. The van der Waals surface area contributed by atoms with E-state index in [4.69, 9.17) is 0 Å². The summed E-state index contributed by atoms with van der Waals surface area (Å²) in [5.41, 5.74) is 3.65. The number of urea groups is 1. The van der Waals surface area contributed by atoms with Crippen LogP contribution < -0.4 is 5.32 Å². The van der Waals surface area contributed by atoms with Crippen LogP contribution in [0, 0.1) is 6.92 Å². The van der Waals surface area contributed by atoms with Gasteiger partial charge in [0.2, 0.25) is 0 Å². The monoisotopic (exact) mass is 466 g/mol. The summed E-state index contributed by atoms with van der Waals surface area (Å²) in [7, 11) is 0. The van der Waals surface area contributed by atoms with Crippen molar-refractivity contribution in [2.75, 3.05) is 25.0 Å². The average molecular weight is 467 g/mol. The van der Waals surface area contributed by atoms with Gasteiger partial charge < -0.3 is 15.1 Å². The van der Waals surface area contributed by atoms with Gasteiger partial charge in [-0.3, -0.25) is 10.00 Å². The standard InChI is InChI=1S/C23H30N8OS/c1-13-11-33-18-17(13)24-12-25-21(18)26-20-16-10-31(23(3,4)19(16)27-28-20)22(32)30-9-15-6-5-7-29(15)8-14(30)2/h11-12,14-15H,5-10H2,1-4H3,(H2,24,25,26,27,28)/t14-,15-/m0/s1. The highest BCUT2D eigenvalue weighted by atomic mass is 32.1. The number of aromatic amines is 1. The van der Waals surface area contributed by atoms with Gasteiger partial charge in [-0.1, -0.05) is 0 Å². The summed E-state index contributed by atoms with van der Waals surface area (Å²) in [5.74, 6) is 1.48. The van der Waals surface area contributed by atoms with Crippen molar-refractivity contribution >= 4 is 39.2 Å². The smallest absolute Gasteiger partial charge is 0.321 e.